The van der Waals surface area contributed by atoms with Crippen molar-refractivity contribution in [1.29, 1.82) is 0 Å². The number of hydrogen-bond donors (Lipinski definition) is 3. The van der Waals surface area contributed by atoms with Crippen LogP contribution in [-0.4, -0.2) is 22.4 Å². The van der Waals surface area contributed by atoms with Gasteiger partial charge in [-0.05, 0) is 38.4 Å². The van der Waals surface area contributed by atoms with Gasteiger partial charge < -0.3 is 16.0 Å². The molecule has 1 aromatic heterocycles. The van der Waals surface area contributed by atoms with Crippen LogP contribution in [-0.2, 0) is 5.54 Å². The van der Waals surface area contributed by atoms with Crippen LogP contribution in [0.25, 0.3) is 11.0 Å². The van der Waals surface area contributed by atoms with Crippen molar-refractivity contribution in [3.8, 4) is 0 Å². The van der Waals surface area contributed by atoms with Gasteiger partial charge in [0.25, 0.3) is 5.91 Å². The van der Waals surface area contributed by atoms with E-state index in [-0.39, 0.29) is 35.9 Å². The molecule has 3 rings (SSSR count). The Labute approximate surface area is 133 Å². The van der Waals surface area contributed by atoms with Gasteiger partial charge in [-0.15, -0.1) is 24.8 Å². The third-order valence-corrected chi connectivity index (χ3v) is 3.71. The molecule has 2 aromatic rings. The zero-order valence-corrected chi connectivity index (χ0v) is 13.0. The molecule has 4 N–H and O–H groups in total. The van der Waals surface area contributed by atoms with Crippen molar-refractivity contribution in [2.24, 2.45) is 5.73 Å². The van der Waals surface area contributed by atoms with Crippen LogP contribution in [0.3, 0.4) is 0 Å². The van der Waals surface area contributed by atoms with Gasteiger partial charge >= 0.3 is 0 Å². The number of imidazole rings is 1. The Morgan fingerprint density at radius 2 is 2.14 bits per heavy atom. The molecule has 21 heavy (non-hydrogen) atoms. The van der Waals surface area contributed by atoms with Gasteiger partial charge in [0.05, 0.1) is 16.6 Å². The predicted molar refractivity (Wildman–Crippen MR) is 83.7 cm³/mol. The number of amides is 1. The number of aromatic amines is 1. The van der Waals surface area contributed by atoms with Crippen LogP contribution < -0.4 is 11.1 Å². The van der Waals surface area contributed by atoms with Crippen molar-refractivity contribution in [3.05, 3.63) is 29.3 Å². The molecule has 8 heteroatoms. The lowest BCUT2D eigenvalue weighted by Crippen LogP contribution is -2.34. The molecule has 0 aliphatic carbocycles. The Bertz CT molecular complexity index is 667. The Morgan fingerprint density at radius 1 is 1.43 bits per heavy atom. The molecule has 5 nitrogen and oxygen atoms in total. The van der Waals surface area contributed by atoms with E-state index in [4.69, 9.17) is 5.73 Å². The molecule has 1 saturated heterocycles. The Morgan fingerprint density at radius 3 is 2.71 bits per heavy atom. The maximum absolute atomic E-state index is 13.5. The second-order valence-electron chi connectivity index (χ2n) is 5.16. The summed E-state index contributed by atoms with van der Waals surface area (Å²) in [7, 11) is 0. The van der Waals surface area contributed by atoms with E-state index in [1.165, 1.54) is 6.07 Å². The molecule has 1 fully saturated rings. The van der Waals surface area contributed by atoms with Gasteiger partial charge in [0, 0.05) is 0 Å². The van der Waals surface area contributed by atoms with Crippen molar-refractivity contribution in [2.45, 2.75) is 25.3 Å². The first-order chi connectivity index (χ1) is 8.99. The molecule has 1 aliphatic rings. The number of aromatic nitrogens is 2. The summed E-state index contributed by atoms with van der Waals surface area (Å²) in [5.41, 5.74) is 6.05. The van der Waals surface area contributed by atoms with Crippen molar-refractivity contribution in [2.75, 3.05) is 6.54 Å². The fourth-order valence-electron chi connectivity index (χ4n) is 2.63. The number of fused-ring (bicyclic) bond motifs is 1. The molecular formula is C13H17Cl2FN4O. The molecule has 0 saturated carbocycles. The summed E-state index contributed by atoms with van der Waals surface area (Å²) in [6.45, 7) is 2.96. The molecule has 2 heterocycles. The number of carbonyl (C=O) groups excluding carboxylic acids is 1. The van der Waals surface area contributed by atoms with Crippen molar-refractivity contribution >= 4 is 41.8 Å². The Balaban J connectivity index is 0.00000110. The monoisotopic (exact) mass is 334 g/mol. The fraction of sp³-hybridized carbons (Fsp3) is 0.385. The number of nitrogens with zero attached hydrogens (tertiary/aromatic N) is 1. The van der Waals surface area contributed by atoms with Crippen molar-refractivity contribution in [3.63, 3.8) is 0 Å². The van der Waals surface area contributed by atoms with Gasteiger partial charge in [0.15, 0.2) is 0 Å². The van der Waals surface area contributed by atoms with E-state index in [2.05, 4.69) is 15.3 Å². The SMILES string of the molecule is C[C@]1(c2nc3c(C(N)=O)cc(F)cc3[nH]2)CCCN1.Cl.Cl. The molecule has 0 radical (unpaired) electrons. The van der Waals surface area contributed by atoms with Crippen LogP contribution in [0.5, 0.6) is 0 Å². The lowest BCUT2D eigenvalue weighted by molar-refractivity contribution is 0.100. The van der Waals surface area contributed by atoms with Crippen LogP contribution in [0.2, 0.25) is 0 Å². The van der Waals surface area contributed by atoms with Gasteiger partial charge in [0.1, 0.15) is 17.2 Å². The summed E-state index contributed by atoms with van der Waals surface area (Å²) >= 11 is 0. The Hall–Kier alpha value is -1.37. The summed E-state index contributed by atoms with van der Waals surface area (Å²) in [6.07, 6.45) is 2.01. The highest BCUT2D eigenvalue weighted by molar-refractivity contribution is 6.04. The second-order valence-corrected chi connectivity index (χ2v) is 5.16. The molecule has 1 aliphatic heterocycles. The van der Waals surface area contributed by atoms with Gasteiger partial charge in [-0.25, -0.2) is 9.37 Å². The lowest BCUT2D eigenvalue weighted by Gasteiger charge is -2.21. The van der Waals surface area contributed by atoms with Gasteiger partial charge in [-0.3, -0.25) is 4.79 Å². The molecule has 0 unspecified atom stereocenters. The summed E-state index contributed by atoms with van der Waals surface area (Å²) in [4.78, 5) is 18.9. The van der Waals surface area contributed by atoms with Gasteiger partial charge in [-0.1, -0.05) is 0 Å². The smallest absolute Gasteiger partial charge is 0.251 e. The molecule has 0 spiro atoms. The topological polar surface area (TPSA) is 83.8 Å². The molecule has 0 bridgehead atoms. The van der Waals surface area contributed by atoms with Gasteiger partial charge in [-0.2, -0.15) is 0 Å². The maximum atomic E-state index is 13.5. The summed E-state index contributed by atoms with van der Waals surface area (Å²) in [5, 5.41) is 3.37. The third kappa shape index (κ3) is 2.97. The molecule has 116 valence electrons. The van der Waals surface area contributed by atoms with E-state index in [0.29, 0.717) is 16.9 Å². The van der Waals surface area contributed by atoms with Gasteiger partial charge in [0.2, 0.25) is 0 Å². The average molecular weight is 335 g/mol. The van der Waals surface area contributed by atoms with Crippen molar-refractivity contribution in [1.82, 2.24) is 15.3 Å². The maximum Gasteiger partial charge on any atom is 0.251 e. The number of halogens is 3. The van der Waals surface area contributed by atoms with E-state index < -0.39 is 11.7 Å². The number of hydrogen-bond acceptors (Lipinski definition) is 3. The Kier molecular flexibility index (Phi) is 5.20. The highest BCUT2D eigenvalue weighted by Gasteiger charge is 2.33. The number of carbonyl (C=O) groups is 1. The second kappa shape index (κ2) is 6.17. The molecule has 1 amide bonds. The predicted octanol–water partition coefficient (Wildman–Crippen LogP) is 2.24. The average Bonchev–Trinajstić information content (AvgIpc) is 2.94. The zero-order chi connectivity index (χ0) is 13.6. The van der Waals surface area contributed by atoms with E-state index in [1.54, 1.807) is 0 Å². The minimum Gasteiger partial charge on any atom is -0.366 e. The summed E-state index contributed by atoms with van der Waals surface area (Å²) in [6, 6.07) is 2.45. The van der Waals surface area contributed by atoms with E-state index >= 15 is 0 Å². The number of benzene rings is 1. The largest absolute Gasteiger partial charge is 0.366 e. The van der Waals surface area contributed by atoms with Crippen molar-refractivity contribution < 1.29 is 9.18 Å². The van der Waals surface area contributed by atoms with Crippen LogP contribution >= 0.6 is 24.8 Å². The number of nitrogens with one attached hydrogen (secondary N) is 2. The van der Waals surface area contributed by atoms with Crippen LogP contribution in [0.1, 0.15) is 35.9 Å². The third-order valence-electron chi connectivity index (χ3n) is 3.71. The van der Waals surface area contributed by atoms with E-state index in [1.807, 2.05) is 6.92 Å². The number of rotatable bonds is 2. The molecule has 1 aromatic carbocycles. The van der Waals surface area contributed by atoms with Crippen LogP contribution in [0.4, 0.5) is 4.39 Å². The number of H-pyrrole nitrogens is 1. The minimum atomic E-state index is -0.674. The zero-order valence-electron chi connectivity index (χ0n) is 11.4. The summed E-state index contributed by atoms with van der Waals surface area (Å²) in [5.74, 6) is -0.457. The molecular weight excluding hydrogens is 318 g/mol. The van der Waals surface area contributed by atoms with E-state index in [0.717, 1.165) is 25.5 Å². The minimum absolute atomic E-state index is 0. The van der Waals surface area contributed by atoms with E-state index in [9.17, 15) is 9.18 Å². The first-order valence-electron chi connectivity index (χ1n) is 6.24. The van der Waals surface area contributed by atoms with Crippen LogP contribution in [0, 0.1) is 5.82 Å². The standard InChI is InChI=1S/C13H15FN4O.2ClH/c1-13(3-2-4-16-13)12-17-9-6-7(14)5-8(11(15)19)10(9)18-12;;/h5-6,16H,2-4H2,1H3,(H2,15,19)(H,17,18);2*1H/t13-;;/m1../s1. The number of nitrogens with two attached hydrogens (primary N) is 1. The first kappa shape index (κ1) is 17.7. The normalized spacial score (nSPS) is 20.9. The van der Waals surface area contributed by atoms with Crippen LogP contribution in [0.15, 0.2) is 12.1 Å². The lowest BCUT2D eigenvalue weighted by atomic mass is 10.00. The highest BCUT2D eigenvalue weighted by atomic mass is 35.5. The highest BCUT2D eigenvalue weighted by Crippen LogP contribution is 2.30. The fourth-order valence-corrected chi connectivity index (χ4v) is 2.63. The number of primary amides is 1. The first-order valence-corrected chi connectivity index (χ1v) is 6.24. The summed E-state index contributed by atoms with van der Waals surface area (Å²) < 4.78 is 13.5. The quantitative estimate of drug-likeness (QED) is 0.787. The molecule has 1 atom stereocenters.